The van der Waals surface area contributed by atoms with E-state index in [-0.39, 0.29) is 35.7 Å². The number of halogens is 1. The highest BCUT2D eigenvalue weighted by molar-refractivity contribution is 7.91. The first-order valence-corrected chi connectivity index (χ1v) is 10.8. The summed E-state index contributed by atoms with van der Waals surface area (Å²) in [5.41, 5.74) is 0.439. The monoisotopic (exact) mass is 443 g/mol. The molecular formula is C17H18ClN3O5S2. The summed E-state index contributed by atoms with van der Waals surface area (Å²) in [5.74, 6) is -0.249. The Kier molecular flexibility index (Phi) is 5.94. The number of rotatable bonds is 6. The minimum absolute atomic E-state index is 0.154. The predicted octanol–water partition coefficient (Wildman–Crippen LogP) is 1.69. The Morgan fingerprint density at radius 1 is 1.32 bits per heavy atom. The first kappa shape index (κ1) is 20.6. The number of thiophene rings is 1. The van der Waals surface area contributed by atoms with E-state index in [2.05, 4.69) is 5.32 Å². The molecule has 11 heteroatoms. The molecule has 2 aromatic rings. The van der Waals surface area contributed by atoms with Crippen LogP contribution in [0.3, 0.4) is 0 Å². The zero-order valence-electron chi connectivity index (χ0n) is 15.1. The number of amides is 2. The smallest absolute Gasteiger partial charge is 0.265 e. The van der Waals surface area contributed by atoms with Crippen LogP contribution in [0.15, 0.2) is 34.5 Å². The minimum Gasteiger partial charge on any atom is -0.482 e. The van der Waals surface area contributed by atoms with Crippen molar-refractivity contribution in [2.45, 2.75) is 10.8 Å². The van der Waals surface area contributed by atoms with Crippen molar-refractivity contribution in [1.29, 1.82) is 0 Å². The predicted molar refractivity (Wildman–Crippen MR) is 106 cm³/mol. The second-order valence-corrected chi connectivity index (χ2v) is 10.1. The molecule has 28 heavy (non-hydrogen) atoms. The first-order valence-electron chi connectivity index (χ1n) is 8.19. The quantitative estimate of drug-likeness (QED) is 0.733. The standard InChI is InChI=1S/C17H18ClN3O5S2/c1-20(2)28(24,25)17-6-4-12(27-17)8-19-15(22)9-21-13-7-11(18)3-5-14(13)26-10-16(21)23/h3-7H,8-10H2,1-2H3,(H,19,22). The van der Waals surface area contributed by atoms with Gasteiger partial charge in [0, 0.05) is 24.0 Å². The van der Waals surface area contributed by atoms with Crippen LogP contribution in [0.2, 0.25) is 5.02 Å². The van der Waals surface area contributed by atoms with Crippen molar-refractivity contribution in [1.82, 2.24) is 9.62 Å². The molecule has 1 aliphatic rings. The summed E-state index contributed by atoms with van der Waals surface area (Å²) in [6, 6.07) is 8.01. The molecular weight excluding hydrogens is 426 g/mol. The van der Waals surface area contributed by atoms with E-state index < -0.39 is 10.0 Å². The summed E-state index contributed by atoms with van der Waals surface area (Å²) in [7, 11) is -0.586. The number of nitrogens with zero attached hydrogens (tertiary/aromatic N) is 2. The molecule has 1 aromatic heterocycles. The number of benzene rings is 1. The summed E-state index contributed by atoms with van der Waals surface area (Å²) >= 11 is 7.07. The molecule has 8 nitrogen and oxygen atoms in total. The molecule has 0 bridgehead atoms. The van der Waals surface area contributed by atoms with Crippen LogP contribution in [0.1, 0.15) is 4.88 Å². The summed E-state index contributed by atoms with van der Waals surface area (Å²) < 4.78 is 30.9. The Morgan fingerprint density at radius 2 is 2.07 bits per heavy atom. The lowest BCUT2D eigenvalue weighted by Crippen LogP contribution is -2.45. The van der Waals surface area contributed by atoms with Gasteiger partial charge in [0.25, 0.3) is 15.9 Å². The third kappa shape index (κ3) is 4.30. The van der Waals surface area contributed by atoms with E-state index >= 15 is 0 Å². The maximum atomic E-state index is 12.3. The zero-order chi connectivity index (χ0) is 20.5. The third-order valence-electron chi connectivity index (χ3n) is 4.00. The summed E-state index contributed by atoms with van der Waals surface area (Å²) in [5, 5.41) is 3.13. The van der Waals surface area contributed by atoms with Gasteiger partial charge in [-0.2, -0.15) is 0 Å². The maximum absolute atomic E-state index is 12.3. The molecule has 2 heterocycles. The third-order valence-corrected chi connectivity index (χ3v) is 7.60. The van der Waals surface area contributed by atoms with E-state index in [0.717, 1.165) is 15.6 Å². The van der Waals surface area contributed by atoms with E-state index in [4.69, 9.17) is 16.3 Å². The molecule has 0 unspecified atom stereocenters. The molecule has 0 saturated heterocycles. The Balaban J connectivity index is 1.65. The van der Waals surface area contributed by atoms with E-state index in [0.29, 0.717) is 21.3 Å². The van der Waals surface area contributed by atoms with Gasteiger partial charge in [0.15, 0.2) is 6.61 Å². The number of fused-ring (bicyclic) bond motifs is 1. The molecule has 0 aliphatic carbocycles. The number of ether oxygens (including phenoxy) is 1. The lowest BCUT2D eigenvalue weighted by Gasteiger charge is -2.28. The molecule has 1 aliphatic heterocycles. The Hall–Kier alpha value is -2.14. The lowest BCUT2D eigenvalue weighted by molar-refractivity contribution is -0.125. The van der Waals surface area contributed by atoms with Crippen LogP contribution in [-0.2, 0) is 26.2 Å². The summed E-state index contributed by atoms with van der Waals surface area (Å²) in [4.78, 5) is 26.5. The van der Waals surface area contributed by atoms with E-state index in [1.54, 1.807) is 24.3 Å². The Bertz CT molecular complexity index is 1020. The number of nitrogens with one attached hydrogen (secondary N) is 1. The summed E-state index contributed by atoms with van der Waals surface area (Å²) in [6.45, 7) is -0.185. The van der Waals surface area contributed by atoms with Crippen molar-refractivity contribution in [3.63, 3.8) is 0 Å². The van der Waals surface area contributed by atoms with Gasteiger partial charge in [-0.15, -0.1) is 11.3 Å². The van der Waals surface area contributed by atoms with E-state index in [9.17, 15) is 18.0 Å². The molecule has 0 atom stereocenters. The van der Waals surface area contributed by atoms with Crippen molar-refractivity contribution >= 4 is 50.5 Å². The molecule has 0 radical (unpaired) electrons. The number of carbonyl (C=O) groups is 2. The van der Waals surface area contributed by atoms with Crippen LogP contribution in [0, 0.1) is 0 Å². The normalized spacial score (nSPS) is 14.0. The maximum Gasteiger partial charge on any atom is 0.265 e. The highest BCUT2D eigenvalue weighted by Crippen LogP contribution is 2.34. The van der Waals surface area contributed by atoms with Gasteiger partial charge < -0.3 is 10.1 Å². The largest absolute Gasteiger partial charge is 0.482 e. The minimum atomic E-state index is -3.50. The highest BCUT2D eigenvalue weighted by Gasteiger charge is 2.27. The van der Waals surface area contributed by atoms with Crippen LogP contribution < -0.4 is 15.0 Å². The van der Waals surface area contributed by atoms with Gasteiger partial charge >= 0.3 is 0 Å². The Labute approximate surface area is 171 Å². The molecule has 1 N–H and O–H groups in total. The van der Waals surface area contributed by atoms with Gasteiger partial charge in [0.1, 0.15) is 16.5 Å². The number of carbonyl (C=O) groups excluding carboxylic acids is 2. The van der Waals surface area contributed by atoms with Crippen molar-refractivity contribution in [3.8, 4) is 5.75 Å². The molecule has 1 aromatic carbocycles. The fraction of sp³-hybridized carbons (Fsp3) is 0.294. The van der Waals surface area contributed by atoms with Crippen molar-refractivity contribution in [2.75, 3.05) is 32.1 Å². The highest BCUT2D eigenvalue weighted by atomic mass is 35.5. The van der Waals surface area contributed by atoms with Crippen LogP contribution >= 0.6 is 22.9 Å². The van der Waals surface area contributed by atoms with Gasteiger partial charge in [-0.1, -0.05) is 11.6 Å². The second-order valence-electron chi connectivity index (χ2n) is 6.17. The number of anilines is 1. The first-order chi connectivity index (χ1) is 13.2. The molecule has 0 fully saturated rings. The van der Waals surface area contributed by atoms with Gasteiger partial charge in [0.2, 0.25) is 5.91 Å². The average molecular weight is 444 g/mol. The lowest BCUT2D eigenvalue weighted by atomic mass is 10.2. The molecule has 0 saturated carbocycles. The average Bonchev–Trinajstić information content (AvgIpc) is 3.12. The molecule has 0 spiro atoms. The fourth-order valence-corrected chi connectivity index (χ4v) is 5.14. The Morgan fingerprint density at radius 3 is 2.79 bits per heavy atom. The van der Waals surface area contributed by atoms with E-state index in [1.807, 2.05) is 0 Å². The van der Waals surface area contributed by atoms with Gasteiger partial charge in [-0.25, -0.2) is 12.7 Å². The molecule has 3 rings (SSSR count). The van der Waals surface area contributed by atoms with Gasteiger partial charge in [-0.05, 0) is 30.3 Å². The van der Waals surface area contributed by atoms with Crippen LogP contribution in [0.4, 0.5) is 5.69 Å². The van der Waals surface area contributed by atoms with Crippen LogP contribution in [0.5, 0.6) is 5.75 Å². The van der Waals surface area contributed by atoms with Crippen molar-refractivity contribution in [2.24, 2.45) is 0 Å². The van der Waals surface area contributed by atoms with Gasteiger partial charge in [-0.3, -0.25) is 14.5 Å². The number of hydrogen-bond acceptors (Lipinski definition) is 6. The van der Waals surface area contributed by atoms with Crippen molar-refractivity contribution < 1.29 is 22.7 Å². The molecule has 2 amide bonds. The second kappa shape index (κ2) is 8.08. The van der Waals surface area contributed by atoms with E-state index in [1.165, 1.54) is 25.1 Å². The summed E-state index contributed by atoms with van der Waals surface area (Å²) in [6.07, 6.45) is 0. The number of hydrogen-bond donors (Lipinski definition) is 1. The SMILES string of the molecule is CN(C)S(=O)(=O)c1ccc(CNC(=O)CN2C(=O)COc3ccc(Cl)cc32)s1. The van der Waals surface area contributed by atoms with Crippen LogP contribution in [-0.4, -0.2) is 51.8 Å². The van der Waals surface area contributed by atoms with Crippen LogP contribution in [0.25, 0.3) is 0 Å². The van der Waals surface area contributed by atoms with Gasteiger partial charge in [0.05, 0.1) is 12.2 Å². The zero-order valence-corrected chi connectivity index (χ0v) is 17.5. The topological polar surface area (TPSA) is 96.0 Å². The fourth-order valence-electron chi connectivity index (χ4n) is 2.51. The number of sulfonamides is 1. The molecule has 150 valence electrons. The van der Waals surface area contributed by atoms with Crippen molar-refractivity contribution in [3.05, 3.63) is 40.2 Å².